The molecule has 0 aromatic rings. The molecule has 12 heavy (non-hydrogen) atoms. The minimum absolute atomic E-state index is 1.36. The molecule has 6 heteroatoms. The first-order valence-electron chi connectivity index (χ1n) is 3.29. The lowest BCUT2D eigenvalue weighted by atomic mass is 10.4. The second-order valence-corrected chi connectivity index (χ2v) is 8.71. The van der Waals surface area contributed by atoms with E-state index in [2.05, 4.69) is 0 Å². The second-order valence-electron chi connectivity index (χ2n) is 3.52. The Labute approximate surface area is 70.0 Å². The third kappa shape index (κ3) is 1.47. The summed E-state index contributed by atoms with van der Waals surface area (Å²) in [6.07, 6.45) is 0. The maximum Gasteiger partial charge on any atom is 0.349 e. The molecular weight excluding hydrogens is 183 g/mol. The summed E-state index contributed by atoms with van der Waals surface area (Å²) in [6.45, 7) is 4.07. The molecule has 2 N–H and O–H groups in total. The third-order valence-corrected chi connectivity index (χ3v) is 4.12. The van der Waals surface area contributed by atoms with Gasteiger partial charge in [0.2, 0.25) is 0 Å². The van der Waals surface area contributed by atoms with Crippen molar-refractivity contribution in [3.63, 3.8) is 0 Å². The predicted octanol–water partition coefficient (Wildman–Crippen LogP) is 0.741. The van der Waals surface area contributed by atoms with Gasteiger partial charge in [-0.3, -0.25) is 0 Å². The van der Waals surface area contributed by atoms with Crippen LogP contribution in [0.3, 0.4) is 0 Å². The van der Waals surface area contributed by atoms with Crippen LogP contribution >= 0.6 is 0 Å². The normalized spacial score (nSPS) is 12.7. The molecular formula is C6H11FO4Si. The van der Waals surface area contributed by atoms with Gasteiger partial charge >= 0.3 is 11.9 Å². The summed E-state index contributed by atoms with van der Waals surface area (Å²) in [4.78, 5) is 20.8. The van der Waals surface area contributed by atoms with E-state index in [0.717, 1.165) is 0 Å². The number of hydrogen-bond donors (Lipinski definition) is 2. The number of halogens is 1. The first-order chi connectivity index (χ1) is 5.14. The zero-order chi connectivity index (χ0) is 10.2. The molecule has 0 aliphatic carbocycles. The largest absolute Gasteiger partial charge is 0.479 e. The Kier molecular flexibility index (Phi) is 2.64. The van der Waals surface area contributed by atoms with Crippen LogP contribution in [0.25, 0.3) is 0 Å². The average molecular weight is 194 g/mol. The number of carboxylic acids is 2. The Bertz CT molecular complexity index is 206. The van der Waals surface area contributed by atoms with Crippen molar-refractivity contribution in [3.8, 4) is 0 Å². The molecule has 0 fully saturated rings. The highest BCUT2D eigenvalue weighted by Gasteiger charge is 2.57. The number of rotatable bonds is 3. The summed E-state index contributed by atoms with van der Waals surface area (Å²) >= 11 is 0. The van der Waals surface area contributed by atoms with Crippen molar-refractivity contribution in [1.82, 2.24) is 0 Å². The fourth-order valence-electron chi connectivity index (χ4n) is 0.733. The number of alkyl halides is 1. The molecule has 0 unspecified atom stereocenters. The van der Waals surface area contributed by atoms with Crippen LogP contribution in [0.15, 0.2) is 0 Å². The molecule has 0 amide bonds. The van der Waals surface area contributed by atoms with Crippen LogP contribution in [-0.4, -0.2) is 35.5 Å². The van der Waals surface area contributed by atoms with E-state index in [4.69, 9.17) is 10.2 Å². The molecule has 0 bridgehead atoms. The van der Waals surface area contributed by atoms with Crippen molar-refractivity contribution in [1.29, 1.82) is 0 Å². The maximum absolute atomic E-state index is 13.4. The van der Waals surface area contributed by atoms with E-state index >= 15 is 0 Å². The average Bonchev–Trinajstić information content (AvgIpc) is 1.82. The number of carboxylic acid groups (broad SMARTS) is 2. The molecule has 0 radical (unpaired) electrons. The van der Waals surface area contributed by atoms with Crippen LogP contribution in [0, 0.1) is 0 Å². The summed E-state index contributed by atoms with van der Waals surface area (Å²) < 4.78 is 13.4. The smallest absolute Gasteiger partial charge is 0.349 e. The first-order valence-corrected chi connectivity index (χ1v) is 6.79. The van der Waals surface area contributed by atoms with Crippen molar-refractivity contribution in [2.45, 2.75) is 24.9 Å². The number of hydrogen-bond acceptors (Lipinski definition) is 2. The summed E-state index contributed by atoms with van der Waals surface area (Å²) in [6, 6.07) is 0. The van der Waals surface area contributed by atoms with Crippen molar-refractivity contribution >= 4 is 20.0 Å². The van der Waals surface area contributed by atoms with Crippen LogP contribution in [-0.2, 0) is 9.59 Å². The molecule has 0 rings (SSSR count). The van der Waals surface area contributed by atoms with Gasteiger partial charge in [-0.05, 0) is 0 Å². The topological polar surface area (TPSA) is 74.6 Å². The molecule has 70 valence electrons. The van der Waals surface area contributed by atoms with Gasteiger partial charge in [-0.2, -0.15) is 0 Å². The summed E-state index contributed by atoms with van der Waals surface area (Å²) in [5.74, 6) is -3.82. The van der Waals surface area contributed by atoms with Crippen LogP contribution in [0.2, 0.25) is 19.6 Å². The molecule has 0 aliphatic heterocycles. The standard InChI is InChI=1S/C6H11FO4Si/c1-12(2,3)6(7,4(8)9)5(10)11/h1-3H3,(H,8,9)(H,10,11). The van der Waals surface area contributed by atoms with Gasteiger partial charge in [0.25, 0.3) is 5.29 Å². The zero-order valence-electron chi connectivity index (χ0n) is 7.09. The summed E-state index contributed by atoms with van der Waals surface area (Å²) in [5, 5.41) is 13.7. The zero-order valence-corrected chi connectivity index (χ0v) is 8.09. The van der Waals surface area contributed by atoms with E-state index in [1.807, 2.05) is 0 Å². The van der Waals surface area contributed by atoms with Gasteiger partial charge in [0.1, 0.15) is 8.07 Å². The first kappa shape index (κ1) is 11.1. The predicted molar refractivity (Wildman–Crippen MR) is 42.5 cm³/mol. The highest BCUT2D eigenvalue weighted by molar-refractivity contribution is 6.85. The molecule has 0 heterocycles. The van der Waals surface area contributed by atoms with Crippen molar-refractivity contribution < 1.29 is 24.2 Å². The van der Waals surface area contributed by atoms with E-state index in [0.29, 0.717) is 0 Å². The molecule has 4 nitrogen and oxygen atoms in total. The lowest BCUT2D eigenvalue weighted by Gasteiger charge is -2.27. The Morgan fingerprint density at radius 1 is 1.17 bits per heavy atom. The van der Waals surface area contributed by atoms with Crippen LogP contribution in [0.1, 0.15) is 0 Å². The van der Waals surface area contributed by atoms with E-state index in [-0.39, 0.29) is 0 Å². The third-order valence-electron chi connectivity index (χ3n) is 1.62. The monoisotopic (exact) mass is 194 g/mol. The Morgan fingerprint density at radius 2 is 1.42 bits per heavy atom. The van der Waals surface area contributed by atoms with Crippen LogP contribution in [0.5, 0.6) is 0 Å². The van der Waals surface area contributed by atoms with Crippen LogP contribution in [0.4, 0.5) is 4.39 Å². The Morgan fingerprint density at radius 3 is 1.42 bits per heavy atom. The molecule has 0 spiro atoms. The Balaban J connectivity index is 5.17. The molecule has 0 aromatic carbocycles. The highest BCUT2D eigenvalue weighted by atomic mass is 28.3. The van der Waals surface area contributed by atoms with Gasteiger partial charge in [-0.15, -0.1) is 0 Å². The van der Waals surface area contributed by atoms with Gasteiger partial charge in [-0.1, -0.05) is 19.6 Å². The molecule has 0 atom stereocenters. The fourth-order valence-corrected chi connectivity index (χ4v) is 2.02. The van der Waals surface area contributed by atoms with E-state index in [1.54, 1.807) is 0 Å². The van der Waals surface area contributed by atoms with Gasteiger partial charge in [0.05, 0.1) is 0 Å². The number of aliphatic carboxylic acids is 2. The minimum atomic E-state index is -3.09. The molecule has 0 saturated heterocycles. The highest BCUT2D eigenvalue weighted by Crippen LogP contribution is 2.25. The van der Waals surface area contributed by atoms with Crippen molar-refractivity contribution in [2.24, 2.45) is 0 Å². The van der Waals surface area contributed by atoms with Gasteiger partial charge < -0.3 is 10.2 Å². The number of carbonyl (C=O) groups is 2. The minimum Gasteiger partial charge on any atom is -0.479 e. The van der Waals surface area contributed by atoms with Crippen molar-refractivity contribution in [3.05, 3.63) is 0 Å². The maximum atomic E-state index is 13.4. The van der Waals surface area contributed by atoms with Gasteiger partial charge in [0, 0.05) is 0 Å². The fraction of sp³-hybridized carbons (Fsp3) is 0.667. The van der Waals surface area contributed by atoms with E-state index < -0.39 is 25.3 Å². The summed E-state index contributed by atoms with van der Waals surface area (Å²) in [5.41, 5.74) is 0. The molecule has 0 aliphatic rings. The lowest BCUT2D eigenvalue weighted by Crippen LogP contribution is -2.60. The van der Waals surface area contributed by atoms with Gasteiger partial charge in [-0.25, -0.2) is 14.0 Å². The van der Waals surface area contributed by atoms with Gasteiger partial charge in [0.15, 0.2) is 0 Å². The van der Waals surface area contributed by atoms with E-state index in [9.17, 15) is 14.0 Å². The second kappa shape index (κ2) is 2.85. The molecule has 0 saturated carbocycles. The lowest BCUT2D eigenvalue weighted by molar-refractivity contribution is -0.160. The molecule has 0 aromatic heterocycles. The Hall–Kier alpha value is -0.913. The van der Waals surface area contributed by atoms with Crippen molar-refractivity contribution in [2.75, 3.05) is 0 Å². The quantitative estimate of drug-likeness (QED) is 0.513. The summed E-state index contributed by atoms with van der Waals surface area (Å²) in [7, 11) is -2.90. The van der Waals surface area contributed by atoms with Crippen LogP contribution < -0.4 is 0 Å². The SMILES string of the molecule is C[Si](C)(C)C(F)(C(=O)O)C(=O)O. The van der Waals surface area contributed by atoms with E-state index in [1.165, 1.54) is 19.6 Å².